The minimum Gasteiger partial charge on any atom is -0.493 e. The largest absolute Gasteiger partial charge is 0.493 e. The van der Waals surface area contributed by atoms with Crippen LogP contribution in [0.5, 0.6) is 5.75 Å². The first-order chi connectivity index (χ1) is 10.8. The lowest BCUT2D eigenvalue weighted by atomic mass is 10.0. The van der Waals surface area contributed by atoms with Crippen molar-refractivity contribution >= 4 is 17.7 Å². The van der Waals surface area contributed by atoms with E-state index in [1.807, 2.05) is 54.2 Å². The fraction of sp³-hybridized carbons (Fsp3) is 0.278. The van der Waals surface area contributed by atoms with Gasteiger partial charge in [-0.25, -0.2) is 0 Å². The van der Waals surface area contributed by atoms with Gasteiger partial charge in [0.1, 0.15) is 5.75 Å². The SMILES string of the molecule is O=C(CCOc1ccccc1)N[C@@H]1CCSc2ccccc21. The molecule has 0 aliphatic carbocycles. The number of amides is 1. The highest BCUT2D eigenvalue weighted by Gasteiger charge is 2.21. The van der Waals surface area contributed by atoms with E-state index in [1.54, 1.807) is 0 Å². The number of hydrogen-bond acceptors (Lipinski definition) is 3. The quantitative estimate of drug-likeness (QED) is 0.912. The maximum Gasteiger partial charge on any atom is 0.223 e. The summed E-state index contributed by atoms with van der Waals surface area (Å²) >= 11 is 1.86. The van der Waals surface area contributed by atoms with Crippen LogP contribution in [0.25, 0.3) is 0 Å². The van der Waals surface area contributed by atoms with Gasteiger partial charge in [0, 0.05) is 10.6 Å². The molecular weight excluding hydrogens is 294 g/mol. The minimum absolute atomic E-state index is 0.0441. The zero-order valence-electron chi connectivity index (χ0n) is 12.3. The summed E-state index contributed by atoms with van der Waals surface area (Å²) in [6, 6.07) is 18.0. The van der Waals surface area contributed by atoms with Crippen LogP contribution in [-0.2, 0) is 4.79 Å². The predicted octanol–water partition coefficient (Wildman–Crippen LogP) is 3.81. The summed E-state index contributed by atoms with van der Waals surface area (Å²) < 4.78 is 5.57. The number of fused-ring (bicyclic) bond motifs is 1. The van der Waals surface area contributed by atoms with Crippen LogP contribution in [0.3, 0.4) is 0 Å². The monoisotopic (exact) mass is 313 g/mol. The summed E-state index contributed by atoms with van der Waals surface area (Å²) in [7, 11) is 0. The molecule has 1 aliphatic rings. The Morgan fingerprint density at radius 2 is 1.91 bits per heavy atom. The molecule has 3 nitrogen and oxygen atoms in total. The van der Waals surface area contributed by atoms with Gasteiger partial charge in [0.2, 0.25) is 5.91 Å². The normalized spacial score (nSPS) is 16.6. The molecule has 0 bridgehead atoms. The van der Waals surface area contributed by atoms with Crippen LogP contribution in [0.1, 0.15) is 24.4 Å². The van der Waals surface area contributed by atoms with Gasteiger partial charge in [0.15, 0.2) is 0 Å². The molecule has 2 aromatic carbocycles. The summed E-state index contributed by atoms with van der Waals surface area (Å²) in [4.78, 5) is 13.4. The van der Waals surface area contributed by atoms with Gasteiger partial charge in [0.25, 0.3) is 0 Å². The Balaban J connectivity index is 1.50. The van der Waals surface area contributed by atoms with E-state index < -0.39 is 0 Å². The molecular formula is C18H19NO2S. The Morgan fingerprint density at radius 1 is 1.14 bits per heavy atom. The highest BCUT2D eigenvalue weighted by molar-refractivity contribution is 7.99. The van der Waals surface area contributed by atoms with Crippen LogP contribution in [0, 0.1) is 0 Å². The first-order valence-corrected chi connectivity index (χ1v) is 8.50. The van der Waals surface area contributed by atoms with Gasteiger partial charge in [-0.2, -0.15) is 0 Å². The van der Waals surface area contributed by atoms with Gasteiger partial charge in [-0.1, -0.05) is 36.4 Å². The molecule has 4 heteroatoms. The van der Waals surface area contributed by atoms with E-state index in [4.69, 9.17) is 4.74 Å². The fourth-order valence-corrected chi connectivity index (χ4v) is 3.66. The predicted molar refractivity (Wildman–Crippen MR) is 89.2 cm³/mol. The van der Waals surface area contributed by atoms with Crippen molar-refractivity contribution in [1.29, 1.82) is 0 Å². The molecule has 1 atom stereocenters. The van der Waals surface area contributed by atoms with Crippen LogP contribution in [0.15, 0.2) is 59.5 Å². The molecule has 1 N–H and O–H groups in total. The Bertz CT molecular complexity index is 630. The molecule has 2 aromatic rings. The van der Waals surface area contributed by atoms with Crippen molar-refractivity contribution in [3.63, 3.8) is 0 Å². The maximum atomic E-state index is 12.1. The third kappa shape index (κ3) is 3.83. The average molecular weight is 313 g/mol. The molecule has 114 valence electrons. The molecule has 1 heterocycles. The van der Waals surface area contributed by atoms with Crippen molar-refractivity contribution in [3.8, 4) is 5.75 Å². The lowest BCUT2D eigenvalue weighted by molar-refractivity contribution is -0.122. The standard InChI is InChI=1S/C18H19NO2S/c20-18(10-12-21-14-6-2-1-3-7-14)19-16-11-13-22-17-9-5-4-8-15(16)17/h1-9,16H,10-13H2,(H,19,20)/t16-/m1/s1. The molecule has 0 saturated carbocycles. The van der Waals surface area contributed by atoms with E-state index in [0.717, 1.165) is 17.9 Å². The molecule has 0 saturated heterocycles. The lowest BCUT2D eigenvalue weighted by Crippen LogP contribution is -2.31. The van der Waals surface area contributed by atoms with Gasteiger partial charge in [-0.3, -0.25) is 4.79 Å². The molecule has 3 rings (SSSR count). The Hall–Kier alpha value is -1.94. The number of carbonyl (C=O) groups excluding carboxylic acids is 1. The molecule has 0 fully saturated rings. The van der Waals surface area contributed by atoms with Crippen molar-refractivity contribution < 1.29 is 9.53 Å². The van der Waals surface area contributed by atoms with Gasteiger partial charge >= 0.3 is 0 Å². The molecule has 0 unspecified atom stereocenters. The Kier molecular flexibility index (Phi) is 5.01. The van der Waals surface area contributed by atoms with Crippen molar-refractivity contribution in [3.05, 3.63) is 60.2 Å². The molecule has 0 spiro atoms. The number of carbonyl (C=O) groups is 1. The molecule has 0 radical (unpaired) electrons. The van der Waals surface area contributed by atoms with Crippen LogP contribution < -0.4 is 10.1 Å². The third-order valence-corrected chi connectivity index (χ3v) is 4.76. The smallest absolute Gasteiger partial charge is 0.223 e. The zero-order valence-corrected chi connectivity index (χ0v) is 13.1. The topological polar surface area (TPSA) is 38.3 Å². The zero-order chi connectivity index (χ0) is 15.2. The highest BCUT2D eigenvalue weighted by Crippen LogP contribution is 2.35. The number of ether oxygens (including phenoxy) is 1. The summed E-state index contributed by atoms with van der Waals surface area (Å²) in [5.74, 6) is 1.89. The van der Waals surface area contributed by atoms with Crippen molar-refractivity contribution in [2.75, 3.05) is 12.4 Å². The third-order valence-electron chi connectivity index (χ3n) is 3.63. The van der Waals surface area contributed by atoms with E-state index in [1.165, 1.54) is 10.5 Å². The maximum absolute atomic E-state index is 12.1. The fourth-order valence-electron chi connectivity index (χ4n) is 2.54. The summed E-state index contributed by atoms with van der Waals surface area (Å²) in [5.41, 5.74) is 1.23. The molecule has 1 aliphatic heterocycles. The first-order valence-electron chi connectivity index (χ1n) is 7.52. The lowest BCUT2D eigenvalue weighted by Gasteiger charge is -2.25. The van der Waals surface area contributed by atoms with Gasteiger partial charge in [0.05, 0.1) is 19.1 Å². The second kappa shape index (κ2) is 7.36. The van der Waals surface area contributed by atoms with Crippen LogP contribution >= 0.6 is 11.8 Å². The Labute approximate surface area is 135 Å². The number of nitrogens with one attached hydrogen (secondary N) is 1. The van der Waals surface area contributed by atoms with E-state index >= 15 is 0 Å². The van der Waals surface area contributed by atoms with Crippen LogP contribution in [0.2, 0.25) is 0 Å². The molecule has 22 heavy (non-hydrogen) atoms. The van der Waals surface area contributed by atoms with E-state index in [2.05, 4.69) is 17.4 Å². The van der Waals surface area contributed by atoms with Gasteiger partial charge in [-0.15, -0.1) is 11.8 Å². The summed E-state index contributed by atoms with van der Waals surface area (Å²) in [5, 5.41) is 3.13. The van der Waals surface area contributed by atoms with E-state index in [-0.39, 0.29) is 11.9 Å². The van der Waals surface area contributed by atoms with E-state index in [9.17, 15) is 4.79 Å². The average Bonchev–Trinajstić information content (AvgIpc) is 2.56. The summed E-state index contributed by atoms with van der Waals surface area (Å²) in [6.07, 6.45) is 1.35. The Morgan fingerprint density at radius 3 is 2.77 bits per heavy atom. The van der Waals surface area contributed by atoms with Crippen molar-refractivity contribution in [2.24, 2.45) is 0 Å². The molecule has 1 amide bonds. The van der Waals surface area contributed by atoms with Crippen LogP contribution in [-0.4, -0.2) is 18.3 Å². The van der Waals surface area contributed by atoms with Gasteiger partial charge < -0.3 is 10.1 Å². The second-order valence-corrected chi connectivity index (χ2v) is 6.34. The van der Waals surface area contributed by atoms with Crippen molar-refractivity contribution in [1.82, 2.24) is 5.32 Å². The van der Waals surface area contributed by atoms with Crippen LogP contribution in [0.4, 0.5) is 0 Å². The minimum atomic E-state index is 0.0441. The molecule has 0 aromatic heterocycles. The number of rotatable bonds is 5. The number of benzene rings is 2. The van der Waals surface area contributed by atoms with Gasteiger partial charge in [-0.05, 0) is 30.2 Å². The highest BCUT2D eigenvalue weighted by atomic mass is 32.2. The number of hydrogen-bond donors (Lipinski definition) is 1. The number of para-hydroxylation sites is 1. The van der Waals surface area contributed by atoms with E-state index in [0.29, 0.717) is 13.0 Å². The summed E-state index contributed by atoms with van der Waals surface area (Å²) in [6.45, 7) is 0.402. The first kappa shape index (κ1) is 15.0. The number of thioether (sulfide) groups is 1. The van der Waals surface area contributed by atoms with Crippen molar-refractivity contribution in [2.45, 2.75) is 23.8 Å². The second-order valence-electron chi connectivity index (χ2n) is 5.21.